The van der Waals surface area contributed by atoms with E-state index in [4.69, 9.17) is 13.9 Å². The summed E-state index contributed by atoms with van der Waals surface area (Å²) in [4.78, 5) is 24.7. The first-order chi connectivity index (χ1) is 14.0. The number of benzene rings is 2. The predicted molar refractivity (Wildman–Crippen MR) is 106 cm³/mol. The number of furan rings is 1. The highest BCUT2D eigenvalue weighted by Gasteiger charge is 2.16. The molecule has 0 aliphatic heterocycles. The van der Waals surface area contributed by atoms with Gasteiger partial charge in [0.1, 0.15) is 11.6 Å². The first-order valence-electron chi connectivity index (χ1n) is 8.68. The molecule has 0 saturated carbocycles. The van der Waals surface area contributed by atoms with E-state index in [1.54, 1.807) is 36.4 Å². The van der Waals surface area contributed by atoms with Crippen LogP contribution in [-0.4, -0.2) is 18.9 Å². The number of ketones is 1. The van der Waals surface area contributed by atoms with E-state index in [-0.39, 0.29) is 28.6 Å². The molecule has 2 aromatic carbocycles. The highest BCUT2D eigenvalue weighted by molar-refractivity contribution is 6.14. The van der Waals surface area contributed by atoms with E-state index in [9.17, 15) is 14.9 Å². The molecule has 0 spiro atoms. The fraction of sp³-hybridized carbons (Fsp3) is 0.0870. The molecule has 0 aliphatic carbocycles. The quantitative estimate of drug-likeness (QED) is 0.202. The Balaban J connectivity index is 1.87. The van der Waals surface area contributed by atoms with Crippen LogP contribution in [0.2, 0.25) is 0 Å². The SMILES string of the molecule is COc1cc(/C=C(\C#N)C(=O)c2cccc(C)c2)ccc1OC(=O)c1ccco1. The molecular weight excluding hydrogens is 370 g/mol. The fourth-order valence-electron chi connectivity index (χ4n) is 2.66. The second-order valence-corrected chi connectivity index (χ2v) is 6.15. The van der Waals surface area contributed by atoms with Gasteiger partial charge in [-0.3, -0.25) is 4.79 Å². The highest BCUT2D eigenvalue weighted by atomic mass is 16.6. The van der Waals surface area contributed by atoms with Crippen LogP contribution in [0.3, 0.4) is 0 Å². The smallest absolute Gasteiger partial charge is 0.379 e. The number of ether oxygens (including phenoxy) is 2. The average Bonchev–Trinajstić information content (AvgIpc) is 3.27. The molecule has 3 aromatic rings. The Bertz CT molecular complexity index is 1120. The van der Waals surface area contributed by atoms with Gasteiger partial charge in [0.25, 0.3) is 0 Å². The van der Waals surface area contributed by atoms with E-state index in [0.717, 1.165) is 5.56 Å². The molecule has 1 heterocycles. The minimum atomic E-state index is -0.663. The molecule has 0 amide bonds. The lowest BCUT2D eigenvalue weighted by molar-refractivity contribution is 0.0696. The first kappa shape index (κ1) is 19.6. The van der Waals surface area contributed by atoms with Crippen molar-refractivity contribution in [3.63, 3.8) is 0 Å². The molecular formula is C23H17NO5. The molecule has 0 aliphatic rings. The number of hydrogen-bond donors (Lipinski definition) is 0. The van der Waals surface area contributed by atoms with E-state index in [1.165, 1.54) is 31.6 Å². The molecule has 29 heavy (non-hydrogen) atoms. The third-order valence-electron chi connectivity index (χ3n) is 4.07. The Hall–Kier alpha value is -4.11. The van der Waals surface area contributed by atoms with Gasteiger partial charge in [-0.2, -0.15) is 5.26 Å². The molecule has 6 heteroatoms. The van der Waals surface area contributed by atoms with Gasteiger partial charge in [0, 0.05) is 5.56 Å². The number of Topliss-reactive ketones (excluding diaryl/α,β-unsaturated/α-hetero) is 1. The number of carbonyl (C=O) groups excluding carboxylic acids is 2. The van der Waals surface area contributed by atoms with Crippen LogP contribution in [0.15, 0.2) is 70.9 Å². The normalized spacial score (nSPS) is 10.9. The van der Waals surface area contributed by atoms with Crippen molar-refractivity contribution in [2.75, 3.05) is 7.11 Å². The van der Waals surface area contributed by atoms with Crippen LogP contribution in [0, 0.1) is 18.3 Å². The lowest BCUT2D eigenvalue weighted by atomic mass is 10.0. The summed E-state index contributed by atoms with van der Waals surface area (Å²) in [6.45, 7) is 1.88. The Labute approximate surface area is 167 Å². The van der Waals surface area contributed by atoms with Crippen molar-refractivity contribution in [2.45, 2.75) is 6.92 Å². The van der Waals surface area contributed by atoms with Gasteiger partial charge in [-0.1, -0.05) is 29.8 Å². The van der Waals surface area contributed by atoms with Crippen LogP contribution in [0.1, 0.15) is 32.0 Å². The summed E-state index contributed by atoms with van der Waals surface area (Å²) >= 11 is 0. The van der Waals surface area contributed by atoms with Crippen molar-refractivity contribution in [2.24, 2.45) is 0 Å². The van der Waals surface area contributed by atoms with Crippen LogP contribution in [-0.2, 0) is 0 Å². The van der Waals surface area contributed by atoms with Crippen molar-refractivity contribution < 1.29 is 23.5 Å². The van der Waals surface area contributed by atoms with Crippen molar-refractivity contribution in [3.8, 4) is 17.6 Å². The molecule has 1 aromatic heterocycles. The third-order valence-corrected chi connectivity index (χ3v) is 4.07. The Morgan fingerprint density at radius 2 is 1.90 bits per heavy atom. The van der Waals surface area contributed by atoms with Crippen LogP contribution in [0.4, 0.5) is 0 Å². The van der Waals surface area contributed by atoms with Crippen molar-refractivity contribution in [1.82, 2.24) is 0 Å². The molecule has 0 unspecified atom stereocenters. The number of carbonyl (C=O) groups is 2. The molecule has 0 atom stereocenters. The van der Waals surface area contributed by atoms with Gasteiger partial charge >= 0.3 is 5.97 Å². The van der Waals surface area contributed by atoms with Gasteiger partial charge in [0.05, 0.1) is 13.4 Å². The number of methoxy groups -OCH3 is 1. The third kappa shape index (κ3) is 4.60. The van der Waals surface area contributed by atoms with Crippen LogP contribution in [0.5, 0.6) is 11.5 Å². The zero-order valence-corrected chi connectivity index (χ0v) is 15.8. The number of hydrogen-bond acceptors (Lipinski definition) is 6. The number of nitriles is 1. The summed E-state index contributed by atoms with van der Waals surface area (Å²) in [6.07, 6.45) is 2.84. The lowest BCUT2D eigenvalue weighted by Gasteiger charge is -2.09. The van der Waals surface area contributed by atoms with Crippen LogP contribution < -0.4 is 9.47 Å². The van der Waals surface area contributed by atoms with E-state index >= 15 is 0 Å². The van der Waals surface area contributed by atoms with Gasteiger partial charge in [0.2, 0.25) is 11.5 Å². The van der Waals surface area contributed by atoms with Gasteiger partial charge in [-0.15, -0.1) is 0 Å². The number of allylic oxidation sites excluding steroid dienone is 1. The highest BCUT2D eigenvalue weighted by Crippen LogP contribution is 2.30. The zero-order chi connectivity index (χ0) is 20.8. The summed E-state index contributed by atoms with van der Waals surface area (Å²) in [5.41, 5.74) is 1.90. The van der Waals surface area contributed by atoms with Crippen molar-refractivity contribution >= 4 is 17.8 Å². The Morgan fingerprint density at radius 1 is 1.07 bits per heavy atom. The molecule has 0 bridgehead atoms. The molecule has 0 fully saturated rings. The molecule has 0 radical (unpaired) electrons. The topological polar surface area (TPSA) is 89.5 Å². The minimum Gasteiger partial charge on any atom is -0.493 e. The summed E-state index contributed by atoms with van der Waals surface area (Å²) in [5.74, 6) is -0.507. The largest absolute Gasteiger partial charge is 0.493 e. The molecule has 3 rings (SSSR count). The number of aryl methyl sites for hydroxylation is 1. The second kappa shape index (κ2) is 8.72. The number of nitrogens with zero attached hydrogens (tertiary/aromatic N) is 1. The van der Waals surface area contributed by atoms with Crippen LogP contribution in [0.25, 0.3) is 6.08 Å². The fourth-order valence-corrected chi connectivity index (χ4v) is 2.66. The molecule has 0 saturated heterocycles. The Morgan fingerprint density at radius 3 is 2.55 bits per heavy atom. The van der Waals surface area contributed by atoms with E-state index in [0.29, 0.717) is 11.1 Å². The molecule has 144 valence electrons. The summed E-state index contributed by atoms with van der Waals surface area (Å²) in [6, 6.07) is 16.8. The zero-order valence-electron chi connectivity index (χ0n) is 15.8. The predicted octanol–water partition coefficient (Wildman–Crippen LogP) is 4.61. The average molecular weight is 387 g/mol. The summed E-state index contributed by atoms with van der Waals surface area (Å²) in [5, 5.41) is 9.44. The van der Waals surface area contributed by atoms with Gasteiger partial charge in [-0.25, -0.2) is 4.79 Å². The van der Waals surface area contributed by atoms with Crippen LogP contribution >= 0.6 is 0 Å². The summed E-state index contributed by atoms with van der Waals surface area (Å²) < 4.78 is 15.6. The van der Waals surface area contributed by atoms with E-state index < -0.39 is 5.97 Å². The van der Waals surface area contributed by atoms with E-state index in [1.807, 2.05) is 19.1 Å². The standard InChI is InChI=1S/C23H17NO5/c1-15-5-3-6-17(11-15)22(25)18(14-24)12-16-8-9-19(21(13-16)27-2)29-23(26)20-7-4-10-28-20/h3-13H,1-2H3/b18-12+. The number of rotatable bonds is 6. The maximum Gasteiger partial charge on any atom is 0.379 e. The maximum atomic E-state index is 12.6. The van der Waals surface area contributed by atoms with Crippen molar-refractivity contribution in [1.29, 1.82) is 5.26 Å². The lowest BCUT2D eigenvalue weighted by Crippen LogP contribution is -2.08. The van der Waals surface area contributed by atoms with Gasteiger partial charge in [0.15, 0.2) is 11.5 Å². The number of esters is 1. The minimum absolute atomic E-state index is 0.0158. The Kier molecular flexibility index (Phi) is 5.91. The van der Waals surface area contributed by atoms with Crippen molar-refractivity contribution in [3.05, 3.63) is 88.9 Å². The van der Waals surface area contributed by atoms with Gasteiger partial charge < -0.3 is 13.9 Å². The first-order valence-corrected chi connectivity index (χ1v) is 8.68. The summed E-state index contributed by atoms with van der Waals surface area (Å²) in [7, 11) is 1.43. The molecule has 0 N–H and O–H groups in total. The molecule has 6 nitrogen and oxygen atoms in total. The van der Waals surface area contributed by atoms with Gasteiger partial charge in [-0.05, 0) is 48.9 Å². The van der Waals surface area contributed by atoms with E-state index in [2.05, 4.69) is 0 Å². The monoisotopic (exact) mass is 387 g/mol. The maximum absolute atomic E-state index is 12.6. The second-order valence-electron chi connectivity index (χ2n) is 6.15.